The molecule has 0 radical (unpaired) electrons. The molecule has 2 aliphatic rings. The van der Waals surface area contributed by atoms with Crippen LogP contribution in [0.5, 0.6) is 0 Å². The predicted molar refractivity (Wildman–Crippen MR) is 125 cm³/mol. The number of para-hydroxylation sites is 1. The van der Waals surface area contributed by atoms with Gasteiger partial charge in [0.15, 0.2) is 0 Å². The van der Waals surface area contributed by atoms with Gasteiger partial charge in [-0.1, -0.05) is 42.5 Å². The van der Waals surface area contributed by atoms with Gasteiger partial charge in [-0.05, 0) is 30.5 Å². The van der Waals surface area contributed by atoms with Crippen LogP contribution >= 0.6 is 0 Å². The molecule has 174 valence electrons. The highest BCUT2D eigenvalue weighted by Crippen LogP contribution is 2.17. The lowest BCUT2D eigenvalue weighted by Crippen LogP contribution is -2.52. The number of nitrogens with zero attached hydrogens (tertiary/aromatic N) is 2. The van der Waals surface area contributed by atoms with Crippen molar-refractivity contribution in [3.63, 3.8) is 0 Å². The van der Waals surface area contributed by atoms with Crippen LogP contribution in [0.15, 0.2) is 54.6 Å². The molecule has 2 N–H and O–H groups in total. The Morgan fingerprint density at radius 1 is 0.939 bits per heavy atom. The number of benzene rings is 2. The van der Waals surface area contributed by atoms with Crippen molar-refractivity contribution in [3.05, 3.63) is 65.7 Å². The summed E-state index contributed by atoms with van der Waals surface area (Å²) < 4.78 is 5.50. The third-order valence-corrected chi connectivity index (χ3v) is 6.00. The average Bonchev–Trinajstić information content (AvgIpc) is 3.39. The molecule has 0 saturated carbocycles. The number of hydrogen-bond acceptors (Lipinski definition) is 5. The average molecular weight is 451 g/mol. The molecule has 2 saturated heterocycles. The standard InChI is InChI=1S/C25H30N4O4/c30-23(18-28-12-14-29(15-13-28)25(32)22-11-6-16-33-22)27-21-10-5-4-9-20(21)24(31)26-17-19-7-2-1-3-8-19/h1-5,7-10,22H,6,11-18H2,(H,26,31)(H,27,30). The van der Waals surface area contributed by atoms with Crippen molar-refractivity contribution in [1.29, 1.82) is 0 Å². The smallest absolute Gasteiger partial charge is 0.253 e. The molecule has 3 amide bonds. The van der Waals surface area contributed by atoms with E-state index in [-0.39, 0.29) is 30.4 Å². The van der Waals surface area contributed by atoms with E-state index in [2.05, 4.69) is 10.6 Å². The Hall–Kier alpha value is -3.23. The van der Waals surface area contributed by atoms with Gasteiger partial charge in [-0.15, -0.1) is 0 Å². The Morgan fingerprint density at radius 3 is 2.39 bits per heavy atom. The Morgan fingerprint density at radius 2 is 1.67 bits per heavy atom. The molecule has 2 aromatic rings. The predicted octanol–water partition coefficient (Wildman–Crippen LogP) is 1.88. The number of hydrogen-bond donors (Lipinski definition) is 2. The molecule has 0 bridgehead atoms. The van der Waals surface area contributed by atoms with Crippen molar-refractivity contribution in [2.24, 2.45) is 0 Å². The van der Waals surface area contributed by atoms with Gasteiger partial charge in [0.2, 0.25) is 5.91 Å². The number of rotatable bonds is 7. The van der Waals surface area contributed by atoms with Gasteiger partial charge in [-0.25, -0.2) is 0 Å². The lowest BCUT2D eigenvalue weighted by molar-refractivity contribution is -0.142. The normalized spacial score (nSPS) is 18.7. The first-order valence-electron chi connectivity index (χ1n) is 11.4. The van der Waals surface area contributed by atoms with Crippen LogP contribution in [0.2, 0.25) is 0 Å². The van der Waals surface area contributed by atoms with Gasteiger partial charge < -0.3 is 20.3 Å². The number of nitrogens with one attached hydrogen (secondary N) is 2. The molecule has 8 heteroatoms. The molecule has 1 atom stereocenters. The van der Waals surface area contributed by atoms with E-state index < -0.39 is 0 Å². The van der Waals surface area contributed by atoms with Gasteiger partial charge in [0, 0.05) is 39.3 Å². The molecule has 2 aromatic carbocycles. The monoisotopic (exact) mass is 450 g/mol. The Balaban J connectivity index is 1.26. The van der Waals surface area contributed by atoms with Crippen LogP contribution < -0.4 is 10.6 Å². The zero-order valence-corrected chi connectivity index (χ0v) is 18.7. The third-order valence-electron chi connectivity index (χ3n) is 6.00. The molecule has 0 aromatic heterocycles. The van der Waals surface area contributed by atoms with Gasteiger partial charge in [0.1, 0.15) is 6.10 Å². The van der Waals surface area contributed by atoms with Crippen molar-refractivity contribution in [2.75, 3.05) is 44.6 Å². The Bertz CT molecular complexity index is 967. The fourth-order valence-electron chi connectivity index (χ4n) is 4.16. The zero-order valence-electron chi connectivity index (χ0n) is 18.7. The Labute approximate surface area is 193 Å². The SMILES string of the molecule is O=C(CN1CCN(C(=O)C2CCCO2)CC1)Nc1ccccc1C(=O)NCc1ccccc1. The number of piperazine rings is 1. The molecule has 2 aliphatic heterocycles. The molecule has 4 rings (SSSR count). The lowest BCUT2D eigenvalue weighted by Gasteiger charge is -2.35. The number of ether oxygens (including phenoxy) is 1. The van der Waals surface area contributed by atoms with Crippen molar-refractivity contribution < 1.29 is 19.1 Å². The molecule has 33 heavy (non-hydrogen) atoms. The minimum absolute atomic E-state index is 0.0621. The van der Waals surface area contributed by atoms with E-state index in [9.17, 15) is 14.4 Å². The van der Waals surface area contributed by atoms with E-state index >= 15 is 0 Å². The second-order valence-corrected chi connectivity index (χ2v) is 8.37. The maximum absolute atomic E-state index is 12.7. The van der Waals surface area contributed by atoms with E-state index in [0.717, 1.165) is 18.4 Å². The van der Waals surface area contributed by atoms with Gasteiger partial charge in [0.05, 0.1) is 17.8 Å². The molecule has 2 heterocycles. The van der Waals surface area contributed by atoms with Crippen LogP contribution in [0.4, 0.5) is 5.69 Å². The fraction of sp³-hybridized carbons (Fsp3) is 0.400. The lowest BCUT2D eigenvalue weighted by atomic mass is 10.1. The summed E-state index contributed by atoms with van der Waals surface area (Å²) in [5.74, 6) is -0.361. The molecule has 1 unspecified atom stereocenters. The maximum atomic E-state index is 12.7. The summed E-state index contributed by atoms with van der Waals surface area (Å²) in [6.07, 6.45) is 1.42. The molecule has 0 spiro atoms. The largest absolute Gasteiger partial charge is 0.368 e. The van der Waals surface area contributed by atoms with E-state index in [4.69, 9.17) is 4.74 Å². The van der Waals surface area contributed by atoms with Gasteiger partial charge in [-0.2, -0.15) is 0 Å². The van der Waals surface area contributed by atoms with Crippen molar-refractivity contribution in [1.82, 2.24) is 15.1 Å². The van der Waals surface area contributed by atoms with Crippen LogP contribution in [-0.4, -0.2) is 73.0 Å². The topological polar surface area (TPSA) is 91.0 Å². The number of amides is 3. The molecule has 2 fully saturated rings. The fourth-order valence-corrected chi connectivity index (χ4v) is 4.16. The first-order chi connectivity index (χ1) is 16.1. The molecular weight excluding hydrogens is 420 g/mol. The summed E-state index contributed by atoms with van der Waals surface area (Å²) >= 11 is 0. The highest BCUT2D eigenvalue weighted by Gasteiger charge is 2.30. The van der Waals surface area contributed by atoms with Crippen LogP contribution in [0.3, 0.4) is 0 Å². The molecular formula is C25H30N4O4. The summed E-state index contributed by atoms with van der Waals surface area (Å²) in [4.78, 5) is 41.7. The van der Waals surface area contributed by atoms with E-state index in [1.807, 2.05) is 40.1 Å². The quantitative estimate of drug-likeness (QED) is 0.672. The van der Waals surface area contributed by atoms with Crippen molar-refractivity contribution in [2.45, 2.75) is 25.5 Å². The highest BCUT2D eigenvalue weighted by molar-refractivity contribution is 6.04. The third kappa shape index (κ3) is 6.18. The second kappa shape index (κ2) is 11.1. The van der Waals surface area contributed by atoms with Crippen LogP contribution in [-0.2, 0) is 20.9 Å². The van der Waals surface area contributed by atoms with Gasteiger partial charge in [-0.3, -0.25) is 19.3 Å². The number of carbonyl (C=O) groups is 3. The summed E-state index contributed by atoms with van der Waals surface area (Å²) in [5, 5.41) is 5.77. The summed E-state index contributed by atoms with van der Waals surface area (Å²) in [5.41, 5.74) is 1.92. The van der Waals surface area contributed by atoms with Crippen molar-refractivity contribution in [3.8, 4) is 0 Å². The Kier molecular flexibility index (Phi) is 7.70. The molecule has 8 nitrogen and oxygen atoms in total. The van der Waals surface area contributed by atoms with Gasteiger partial charge in [0.25, 0.3) is 11.8 Å². The van der Waals surface area contributed by atoms with Crippen molar-refractivity contribution >= 4 is 23.4 Å². The number of carbonyl (C=O) groups excluding carboxylic acids is 3. The first kappa shape index (κ1) is 22.9. The summed E-state index contributed by atoms with van der Waals surface area (Å²) in [6, 6.07) is 16.7. The number of anilines is 1. The van der Waals surface area contributed by atoms with E-state index in [0.29, 0.717) is 50.6 Å². The van der Waals surface area contributed by atoms with E-state index in [1.54, 1.807) is 24.3 Å². The second-order valence-electron chi connectivity index (χ2n) is 8.37. The minimum atomic E-state index is -0.301. The van der Waals surface area contributed by atoms with Crippen LogP contribution in [0, 0.1) is 0 Å². The van der Waals surface area contributed by atoms with Crippen LogP contribution in [0.25, 0.3) is 0 Å². The zero-order chi connectivity index (χ0) is 23.0. The molecule has 0 aliphatic carbocycles. The highest BCUT2D eigenvalue weighted by atomic mass is 16.5. The minimum Gasteiger partial charge on any atom is -0.368 e. The summed E-state index contributed by atoms with van der Waals surface area (Å²) in [6.45, 7) is 3.71. The maximum Gasteiger partial charge on any atom is 0.253 e. The summed E-state index contributed by atoms with van der Waals surface area (Å²) in [7, 11) is 0. The van der Waals surface area contributed by atoms with E-state index in [1.165, 1.54) is 0 Å². The first-order valence-corrected chi connectivity index (χ1v) is 11.4. The van der Waals surface area contributed by atoms with Gasteiger partial charge >= 0.3 is 0 Å². The van der Waals surface area contributed by atoms with Crippen LogP contribution in [0.1, 0.15) is 28.8 Å².